The van der Waals surface area contributed by atoms with Crippen LogP contribution in [-0.4, -0.2) is 31.3 Å². The van der Waals surface area contributed by atoms with Gasteiger partial charge in [0, 0.05) is 25.5 Å². The van der Waals surface area contributed by atoms with Crippen molar-refractivity contribution in [2.24, 2.45) is 0 Å². The van der Waals surface area contributed by atoms with E-state index in [-0.39, 0.29) is 6.10 Å². The number of methoxy groups -OCH3 is 1. The molecular formula is C12H20N2O. The van der Waals surface area contributed by atoms with Gasteiger partial charge in [-0.25, -0.2) is 0 Å². The molecule has 1 heterocycles. The summed E-state index contributed by atoms with van der Waals surface area (Å²) in [6.07, 6.45) is 5.92. The molecule has 0 amide bonds. The Kier molecular flexibility index (Phi) is 5.29. The molecular weight excluding hydrogens is 188 g/mol. The molecule has 3 heteroatoms. The highest BCUT2D eigenvalue weighted by atomic mass is 16.5. The average molecular weight is 208 g/mol. The van der Waals surface area contributed by atoms with Crippen LogP contribution in [0.1, 0.15) is 18.9 Å². The molecule has 0 saturated heterocycles. The molecule has 0 aliphatic heterocycles. The number of ether oxygens (including phenoxy) is 1. The van der Waals surface area contributed by atoms with Crippen molar-refractivity contribution in [3.63, 3.8) is 0 Å². The Bertz CT molecular complexity index is 260. The standard InChI is InChI=1S/C12H20N2O/c1-4-12(15-3)11(13-2)9-10-5-7-14-8-6-10/h5-8,11-13H,4,9H2,1-3H3. The van der Waals surface area contributed by atoms with Gasteiger partial charge in [-0.05, 0) is 37.6 Å². The van der Waals surface area contributed by atoms with Crippen molar-refractivity contribution in [3.8, 4) is 0 Å². The van der Waals surface area contributed by atoms with Crippen molar-refractivity contribution in [1.29, 1.82) is 0 Å². The van der Waals surface area contributed by atoms with Gasteiger partial charge in [0.1, 0.15) is 0 Å². The second kappa shape index (κ2) is 6.53. The Morgan fingerprint density at radius 2 is 2.07 bits per heavy atom. The minimum absolute atomic E-state index is 0.267. The number of hydrogen-bond acceptors (Lipinski definition) is 3. The van der Waals surface area contributed by atoms with Crippen LogP contribution >= 0.6 is 0 Å². The maximum absolute atomic E-state index is 5.45. The van der Waals surface area contributed by atoms with E-state index in [1.807, 2.05) is 31.6 Å². The van der Waals surface area contributed by atoms with E-state index >= 15 is 0 Å². The molecule has 15 heavy (non-hydrogen) atoms. The largest absolute Gasteiger partial charge is 0.380 e. The van der Waals surface area contributed by atoms with Gasteiger partial charge in [0.15, 0.2) is 0 Å². The minimum atomic E-state index is 0.267. The van der Waals surface area contributed by atoms with Gasteiger partial charge in [0.05, 0.1) is 6.10 Å². The predicted molar refractivity (Wildman–Crippen MR) is 61.9 cm³/mol. The van der Waals surface area contributed by atoms with Gasteiger partial charge in [0.2, 0.25) is 0 Å². The van der Waals surface area contributed by atoms with Crippen molar-refractivity contribution in [1.82, 2.24) is 10.3 Å². The number of nitrogens with zero attached hydrogens (tertiary/aromatic N) is 1. The second-order valence-electron chi connectivity index (χ2n) is 3.64. The van der Waals surface area contributed by atoms with Crippen LogP contribution in [0.25, 0.3) is 0 Å². The molecule has 2 atom stereocenters. The summed E-state index contributed by atoms with van der Waals surface area (Å²) in [6.45, 7) is 2.14. The molecule has 0 bridgehead atoms. The van der Waals surface area contributed by atoms with E-state index in [0.717, 1.165) is 12.8 Å². The van der Waals surface area contributed by atoms with E-state index in [0.29, 0.717) is 6.04 Å². The van der Waals surface area contributed by atoms with Crippen LogP contribution < -0.4 is 5.32 Å². The van der Waals surface area contributed by atoms with E-state index in [1.54, 1.807) is 7.11 Å². The quantitative estimate of drug-likeness (QED) is 0.771. The van der Waals surface area contributed by atoms with E-state index in [1.165, 1.54) is 5.56 Å². The molecule has 0 fully saturated rings. The molecule has 0 radical (unpaired) electrons. The van der Waals surface area contributed by atoms with Crippen molar-refractivity contribution in [2.75, 3.05) is 14.2 Å². The predicted octanol–water partition coefficient (Wildman–Crippen LogP) is 1.64. The summed E-state index contributed by atoms with van der Waals surface area (Å²) in [6, 6.07) is 4.46. The van der Waals surface area contributed by atoms with E-state index in [9.17, 15) is 0 Å². The average Bonchev–Trinajstić information content (AvgIpc) is 2.30. The third kappa shape index (κ3) is 3.61. The van der Waals surface area contributed by atoms with Crippen LogP contribution in [0.3, 0.4) is 0 Å². The zero-order valence-electron chi connectivity index (χ0n) is 9.73. The molecule has 2 unspecified atom stereocenters. The monoisotopic (exact) mass is 208 g/mol. The normalized spacial score (nSPS) is 14.9. The molecule has 84 valence electrons. The fourth-order valence-corrected chi connectivity index (χ4v) is 1.81. The van der Waals surface area contributed by atoms with E-state index in [4.69, 9.17) is 4.74 Å². The fourth-order valence-electron chi connectivity index (χ4n) is 1.81. The van der Waals surface area contributed by atoms with E-state index in [2.05, 4.69) is 17.2 Å². The molecule has 1 rings (SSSR count). The molecule has 3 nitrogen and oxygen atoms in total. The number of nitrogens with one attached hydrogen (secondary N) is 1. The summed E-state index contributed by atoms with van der Waals surface area (Å²) >= 11 is 0. The number of pyridine rings is 1. The number of rotatable bonds is 6. The highest BCUT2D eigenvalue weighted by Crippen LogP contribution is 2.09. The first-order valence-electron chi connectivity index (χ1n) is 5.40. The van der Waals surface area contributed by atoms with Crippen LogP contribution in [0.5, 0.6) is 0 Å². The molecule has 1 aromatic rings. The van der Waals surface area contributed by atoms with Crippen LogP contribution in [0.4, 0.5) is 0 Å². The van der Waals surface area contributed by atoms with Crippen LogP contribution in [0.15, 0.2) is 24.5 Å². The van der Waals surface area contributed by atoms with Gasteiger partial charge in [-0.3, -0.25) is 4.98 Å². The molecule has 1 aromatic heterocycles. The molecule has 0 aliphatic carbocycles. The molecule has 0 saturated carbocycles. The lowest BCUT2D eigenvalue weighted by molar-refractivity contribution is 0.0678. The highest BCUT2D eigenvalue weighted by molar-refractivity contribution is 5.11. The van der Waals surface area contributed by atoms with Crippen molar-refractivity contribution in [3.05, 3.63) is 30.1 Å². The number of likely N-dealkylation sites (N-methyl/N-ethyl adjacent to an activating group) is 1. The van der Waals surface area contributed by atoms with Gasteiger partial charge in [-0.1, -0.05) is 6.92 Å². The summed E-state index contributed by atoms with van der Waals surface area (Å²) in [5.74, 6) is 0. The summed E-state index contributed by atoms with van der Waals surface area (Å²) in [7, 11) is 3.75. The van der Waals surface area contributed by atoms with Crippen molar-refractivity contribution >= 4 is 0 Å². The summed E-state index contributed by atoms with van der Waals surface area (Å²) < 4.78 is 5.45. The Hall–Kier alpha value is -0.930. The molecule has 1 N–H and O–H groups in total. The molecule has 0 aromatic carbocycles. The lowest BCUT2D eigenvalue weighted by atomic mass is 10.0. The molecule has 0 spiro atoms. The SMILES string of the molecule is CCC(OC)C(Cc1ccncc1)NC. The van der Waals surface area contributed by atoms with Crippen molar-refractivity contribution in [2.45, 2.75) is 31.9 Å². The first kappa shape index (κ1) is 12.1. The third-order valence-corrected chi connectivity index (χ3v) is 2.73. The number of aromatic nitrogens is 1. The summed E-state index contributed by atoms with van der Waals surface area (Å²) in [5.41, 5.74) is 1.29. The summed E-state index contributed by atoms with van der Waals surface area (Å²) in [5, 5.41) is 3.31. The minimum Gasteiger partial charge on any atom is -0.380 e. The van der Waals surface area contributed by atoms with Gasteiger partial charge in [0.25, 0.3) is 0 Å². The Morgan fingerprint density at radius 1 is 1.40 bits per heavy atom. The van der Waals surface area contributed by atoms with Crippen LogP contribution in [-0.2, 0) is 11.2 Å². The first-order chi connectivity index (χ1) is 7.31. The highest BCUT2D eigenvalue weighted by Gasteiger charge is 2.17. The number of hydrogen-bond donors (Lipinski definition) is 1. The van der Waals surface area contributed by atoms with Gasteiger partial charge in [-0.15, -0.1) is 0 Å². The van der Waals surface area contributed by atoms with Gasteiger partial charge in [-0.2, -0.15) is 0 Å². The Balaban J connectivity index is 2.61. The van der Waals surface area contributed by atoms with Gasteiger partial charge >= 0.3 is 0 Å². The lowest BCUT2D eigenvalue weighted by Gasteiger charge is -2.24. The second-order valence-corrected chi connectivity index (χ2v) is 3.64. The Labute approximate surface area is 91.9 Å². The zero-order chi connectivity index (χ0) is 11.1. The van der Waals surface area contributed by atoms with Gasteiger partial charge < -0.3 is 10.1 Å². The van der Waals surface area contributed by atoms with Crippen molar-refractivity contribution < 1.29 is 4.74 Å². The topological polar surface area (TPSA) is 34.1 Å². The summed E-state index contributed by atoms with van der Waals surface area (Å²) in [4.78, 5) is 4.01. The fraction of sp³-hybridized carbons (Fsp3) is 0.583. The third-order valence-electron chi connectivity index (χ3n) is 2.73. The smallest absolute Gasteiger partial charge is 0.0724 e. The molecule has 0 aliphatic rings. The lowest BCUT2D eigenvalue weighted by Crippen LogP contribution is -2.40. The van der Waals surface area contributed by atoms with Crippen LogP contribution in [0.2, 0.25) is 0 Å². The zero-order valence-corrected chi connectivity index (χ0v) is 9.73. The first-order valence-corrected chi connectivity index (χ1v) is 5.40. The van der Waals surface area contributed by atoms with E-state index < -0.39 is 0 Å². The Morgan fingerprint density at radius 3 is 2.53 bits per heavy atom. The maximum atomic E-state index is 5.45. The van der Waals surface area contributed by atoms with Crippen LogP contribution in [0, 0.1) is 0 Å². The maximum Gasteiger partial charge on any atom is 0.0724 e.